The Hall–Kier alpha value is -2.08. The van der Waals surface area contributed by atoms with E-state index in [1.165, 1.54) is 0 Å². The molecule has 0 saturated carbocycles. The fourth-order valence-electron chi connectivity index (χ4n) is 2.15. The summed E-state index contributed by atoms with van der Waals surface area (Å²) in [6.07, 6.45) is 1.60. The van der Waals surface area contributed by atoms with Gasteiger partial charge >= 0.3 is 5.97 Å². The molecule has 2 aromatic heterocycles. The summed E-state index contributed by atoms with van der Waals surface area (Å²) in [5.41, 5.74) is 3.57. The van der Waals surface area contributed by atoms with Crippen LogP contribution < -0.4 is 0 Å². The topological polar surface area (TPSA) is 70.8 Å². The van der Waals surface area contributed by atoms with Gasteiger partial charge in [0, 0.05) is 10.0 Å². The zero-order chi connectivity index (χ0) is 14.1. The van der Waals surface area contributed by atoms with Crippen molar-refractivity contribution in [2.24, 2.45) is 0 Å². The minimum Gasteiger partial charge on any atom is -0.461 e. The lowest BCUT2D eigenvalue weighted by molar-refractivity contribution is 0.0521. The average molecular weight is 334 g/mol. The normalized spacial score (nSPS) is 10.9. The van der Waals surface area contributed by atoms with E-state index >= 15 is 0 Å². The molecule has 3 aromatic rings. The number of hydrogen-bond acceptors (Lipinski definition) is 3. The van der Waals surface area contributed by atoms with Gasteiger partial charge in [-0.3, -0.25) is 0 Å². The van der Waals surface area contributed by atoms with Crippen LogP contribution in [0.5, 0.6) is 0 Å². The number of esters is 1. The molecule has 0 aliphatic rings. The van der Waals surface area contributed by atoms with Crippen molar-refractivity contribution in [1.29, 1.82) is 0 Å². The fraction of sp³-hybridized carbons (Fsp3) is 0.143. The maximum atomic E-state index is 12.1. The summed E-state index contributed by atoms with van der Waals surface area (Å²) >= 11 is 3.40. The number of H-pyrrole nitrogens is 2. The van der Waals surface area contributed by atoms with E-state index in [4.69, 9.17) is 4.74 Å². The van der Waals surface area contributed by atoms with Gasteiger partial charge < -0.3 is 14.7 Å². The average Bonchev–Trinajstić information content (AvgIpc) is 3.00. The van der Waals surface area contributed by atoms with Gasteiger partial charge in [-0.2, -0.15) is 0 Å². The summed E-state index contributed by atoms with van der Waals surface area (Å²) in [6.45, 7) is 2.11. The third-order valence-electron chi connectivity index (χ3n) is 3.00. The van der Waals surface area contributed by atoms with Crippen LogP contribution in [0.15, 0.2) is 35.1 Å². The molecule has 0 bridgehead atoms. The molecular weight excluding hydrogens is 322 g/mol. The van der Waals surface area contributed by atoms with E-state index in [-0.39, 0.29) is 5.97 Å². The maximum absolute atomic E-state index is 12.1. The Morgan fingerprint density at radius 2 is 2.10 bits per heavy atom. The van der Waals surface area contributed by atoms with Crippen LogP contribution in [-0.2, 0) is 4.74 Å². The molecule has 102 valence electrons. The van der Waals surface area contributed by atoms with Crippen LogP contribution >= 0.6 is 15.9 Å². The van der Waals surface area contributed by atoms with Gasteiger partial charge in [-0.15, -0.1) is 0 Å². The van der Waals surface area contributed by atoms with Gasteiger partial charge in [0.1, 0.15) is 5.69 Å². The number of aromatic nitrogens is 3. The molecule has 0 amide bonds. The zero-order valence-electron chi connectivity index (χ0n) is 10.7. The summed E-state index contributed by atoms with van der Waals surface area (Å²) in [7, 11) is 0. The Kier molecular flexibility index (Phi) is 3.31. The second-order valence-electron chi connectivity index (χ2n) is 4.23. The van der Waals surface area contributed by atoms with E-state index in [9.17, 15) is 4.79 Å². The number of imidazole rings is 1. The predicted octanol–water partition coefficient (Wildman–Crippen LogP) is 3.50. The molecular formula is C14H12BrN3O2. The lowest BCUT2D eigenvalue weighted by Gasteiger charge is -2.04. The van der Waals surface area contributed by atoms with Crippen molar-refractivity contribution in [1.82, 2.24) is 15.0 Å². The molecule has 20 heavy (non-hydrogen) atoms. The van der Waals surface area contributed by atoms with Gasteiger partial charge in [0.15, 0.2) is 5.65 Å². The molecule has 0 atom stereocenters. The fourth-order valence-corrected chi connectivity index (χ4v) is 2.41. The highest BCUT2D eigenvalue weighted by Gasteiger charge is 2.21. The van der Waals surface area contributed by atoms with Gasteiger partial charge in [0.05, 0.1) is 18.5 Å². The van der Waals surface area contributed by atoms with E-state index in [1.807, 2.05) is 24.3 Å². The first-order chi connectivity index (χ1) is 9.70. The number of ether oxygens (including phenoxy) is 1. The number of rotatable bonds is 3. The number of hydrogen-bond donors (Lipinski definition) is 2. The quantitative estimate of drug-likeness (QED) is 0.720. The number of benzene rings is 1. The van der Waals surface area contributed by atoms with Crippen molar-refractivity contribution in [2.75, 3.05) is 6.61 Å². The maximum Gasteiger partial charge on any atom is 0.355 e. The Morgan fingerprint density at radius 3 is 2.80 bits per heavy atom. The molecule has 2 heterocycles. The molecule has 6 heteroatoms. The number of nitrogens with one attached hydrogen (secondary N) is 2. The summed E-state index contributed by atoms with van der Waals surface area (Å²) in [4.78, 5) is 22.3. The smallest absolute Gasteiger partial charge is 0.355 e. The molecule has 5 nitrogen and oxygen atoms in total. The van der Waals surface area contributed by atoms with Crippen molar-refractivity contribution in [3.05, 3.63) is 40.8 Å². The zero-order valence-corrected chi connectivity index (χ0v) is 12.3. The molecule has 0 radical (unpaired) electrons. The first-order valence-corrected chi connectivity index (χ1v) is 6.98. The van der Waals surface area contributed by atoms with E-state index in [0.29, 0.717) is 17.9 Å². The van der Waals surface area contributed by atoms with Crippen LogP contribution in [0.2, 0.25) is 0 Å². The van der Waals surface area contributed by atoms with Crippen molar-refractivity contribution >= 4 is 33.1 Å². The number of carbonyl (C=O) groups excluding carboxylic acids is 1. The molecule has 0 aliphatic heterocycles. The van der Waals surface area contributed by atoms with Crippen molar-refractivity contribution < 1.29 is 9.53 Å². The van der Waals surface area contributed by atoms with Gasteiger partial charge in [0.2, 0.25) is 0 Å². The van der Waals surface area contributed by atoms with Crippen LogP contribution in [0.25, 0.3) is 22.3 Å². The van der Waals surface area contributed by atoms with Crippen LogP contribution in [0.1, 0.15) is 17.4 Å². The second kappa shape index (κ2) is 5.13. The minimum absolute atomic E-state index is 0.332. The first-order valence-electron chi connectivity index (χ1n) is 6.18. The van der Waals surface area contributed by atoms with Crippen molar-refractivity contribution in [3.8, 4) is 11.1 Å². The molecule has 0 saturated heterocycles. The molecule has 0 aliphatic carbocycles. The van der Waals surface area contributed by atoms with Crippen molar-refractivity contribution in [2.45, 2.75) is 6.92 Å². The molecule has 0 fully saturated rings. The van der Waals surface area contributed by atoms with Gasteiger partial charge in [0.25, 0.3) is 0 Å². The van der Waals surface area contributed by atoms with Gasteiger partial charge in [-0.1, -0.05) is 28.1 Å². The first kappa shape index (κ1) is 12.9. The van der Waals surface area contributed by atoms with E-state index in [0.717, 1.165) is 21.1 Å². The summed E-state index contributed by atoms with van der Waals surface area (Å²) in [6, 6.07) is 7.74. The lowest BCUT2D eigenvalue weighted by Crippen LogP contribution is -2.06. The Labute approximate surface area is 123 Å². The number of nitrogens with zero attached hydrogens (tertiary/aromatic N) is 1. The molecule has 1 aromatic carbocycles. The molecule has 0 spiro atoms. The van der Waals surface area contributed by atoms with Crippen molar-refractivity contribution in [3.63, 3.8) is 0 Å². The van der Waals surface area contributed by atoms with E-state index in [2.05, 4.69) is 30.9 Å². The highest BCUT2D eigenvalue weighted by Crippen LogP contribution is 2.31. The minimum atomic E-state index is -0.378. The third kappa shape index (κ3) is 2.12. The van der Waals surface area contributed by atoms with E-state index < -0.39 is 0 Å². The largest absolute Gasteiger partial charge is 0.461 e. The van der Waals surface area contributed by atoms with E-state index in [1.54, 1.807) is 13.3 Å². The predicted molar refractivity (Wildman–Crippen MR) is 79.5 cm³/mol. The summed E-state index contributed by atoms with van der Waals surface area (Å²) < 4.78 is 6.07. The Bertz CT molecular complexity index is 758. The molecule has 3 rings (SSSR count). The monoisotopic (exact) mass is 333 g/mol. The van der Waals surface area contributed by atoms with Crippen LogP contribution in [-0.4, -0.2) is 27.5 Å². The third-order valence-corrected chi connectivity index (χ3v) is 3.52. The lowest BCUT2D eigenvalue weighted by atomic mass is 10.1. The molecule has 2 N–H and O–H groups in total. The molecule has 0 unspecified atom stereocenters. The second-order valence-corrected chi connectivity index (χ2v) is 5.14. The van der Waals surface area contributed by atoms with Crippen LogP contribution in [0.4, 0.5) is 0 Å². The van der Waals surface area contributed by atoms with Gasteiger partial charge in [-0.05, 0) is 24.6 Å². The number of carbonyl (C=O) groups is 1. The standard InChI is InChI=1S/C14H12BrN3O2/c1-2-20-14(19)12-10(8-3-5-9(15)6-4-8)11-13(18-12)17-7-16-11/h3-7,18H,2H2,1H3,(H,16,17). The summed E-state index contributed by atoms with van der Waals surface area (Å²) in [5.74, 6) is -0.378. The highest BCUT2D eigenvalue weighted by atomic mass is 79.9. The van der Waals surface area contributed by atoms with Gasteiger partial charge in [-0.25, -0.2) is 9.78 Å². The number of fused-ring (bicyclic) bond motifs is 1. The number of halogens is 1. The Morgan fingerprint density at radius 1 is 1.35 bits per heavy atom. The van der Waals surface area contributed by atoms with Crippen LogP contribution in [0, 0.1) is 0 Å². The Balaban J connectivity index is 2.20. The SMILES string of the molecule is CCOC(=O)c1[nH]c2nc[nH]c2c1-c1ccc(Br)cc1. The summed E-state index contributed by atoms with van der Waals surface area (Å²) in [5, 5.41) is 0. The highest BCUT2D eigenvalue weighted by molar-refractivity contribution is 9.10. The number of aromatic amines is 2. The van der Waals surface area contributed by atoms with Crippen LogP contribution in [0.3, 0.4) is 0 Å².